The summed E-state index contributed by atoms with van der Waals surface area (Å²) in [5.74, 6) is 0. The molecule has 0 atom stereocenters. The van der Waals surface area contributed by atoms with Gasteiger partial charge in [-0.25, -0.2) is 4.31 Å². The average Bonchev–Trinajstić information content (AvgIpc) is 2.72. The van der Waals surface area contributed by atoms with Gasteiger partial charge < -0.3 is 9.64 Å². The number of nitrogens with zero attached hydrogens (tertiary/aromatic N) is 4. The van der Waals surface area contributed by atoms with Crippen LogP contribution in [0.4, 0.5) is 5.69 Å². The lowest BCUT2D eigenvalue weighted by molar-refractivity contribution is 0.0805. The van der Waals surface area contributed by atoms with Gasteiger partial charge in [0.05, 0.1) is 17.6 Å². The van der Waals surface area contributed by atoms with Gasteiger partial charge >= 0.3 is 0 Å². The first kappa shape index (κ1) is 19.5. The number of benzene rings is 1. The van der Waals surface area contributed by atoms with Gasteiger partial charge in [0, 0.05) is 49.7 Å². The lowest BCUT2D eigenvalue weighted by Gasteiger charge is -2.41. The van der Waals surface area contributed by atoms with Crippen LogP contribution in [0.25, 0.3) is 5.69 Å². The maximum absolute atomic E-state index is 12.8. The second kappa shape index (κ2) is 8.27. The molecule has 2 aliphatic rings. The summed E-state index contributed by atoms with van der Waals surface area (Å²) in [4.78, 5) is 15.1. The molecule has 0 unspecified atom stereocenters. The van der Waals surface area contributed by atoms with Crippen molar-refractivity contribution in [1.29, 1.82) is 0 Å². The monoisotopic (exact) mass is 400 g/mol. The van der Waals surface area contributed by atoms with Crippen molar-refractivity contribution < 1.29 is 4.74 Å². The van der Waals surface area contributed by atoms with Crippen molar-refractivity contribution in [2.75, 3.05) is 44.3 Å². The van der Waals surface area contributed by atoms with Crippen LogP contribution in [-0.4, -0.2) is 58.2 Å². The third-order valence-electron chi connectivity index (χ3n) is 5.67. The van der Waals surface area contributed by atoms with Crippen LogP contribution in [0.1, 0.15) is 25.3 Å². The smallest absolute Gasteiger partial charge is 0.276 e. The molecular weight excluding hydrogens is 372 g/mol. The lowest BCUT2D eigenvalue weighted by Crippen LogP contribution is -2.46. The molecule has 2 aliphatic heterocycles. The van der Waals surface area contributed by atoms with Crippen LogP contribution in [0.5, 0.6) is 0 Å². The van der Waals surface area contributed by atoms with Gasteiger partial charge in [-0.3, -0.25) is 4.79 Å². The molecule has 0 aliphatic carbocycles. The fourth-order valence-corrected chi connectivity index (χ4v) is 5.15. The first-order valence-electron chi connectivity index (χ1n) is 9.97. The normalized spacial score (nSPS) is 20.3. The third kappa shape index (κ3) is 4.11. The van der Waals surface area contributed by atoms with E-state index in [1.165, 1.54) is 4.68 Å². The topological polar surface area (TPSA) is 50.6 Å². The number of piperazine rings is 1. The first-order valence-corrected chi connectivity index (χ1v) is 10.7. The Labute approximate surface area is 170 Å². The summed E-state index contributed by atoms with van der Waals surface area (Å²) in [5.41, 5.74) is 2.47. The Hall–Kier alpha value is -1.83. The predicted octanol–water partition coefficient (Wildman–Crippen LogP) is 2.88. The summed E-state index contributed by atoms with van der Waals surface area (Å²) in [7, 11) is 0. The maximum Gasteiger partial charge on any atom is 0.276 e. The Balaban J connectivity index is 1.43. The highest BCUT2D eigenvalue weighted by Crippen LogP contribution is 2.37. The van der Waals surface area contributed by atoms with E-state index in [-0.39, 0.29) is 10.3 Å². The van der Waals surface area contributed by atoms with E-state index in [2.05, 4.69) is 21.2 Å². The zero-order valence-corrected chi connectivity index (χ0v) is 17.5. The van der Waals surface area contributed by atoms with Crippen LogP contribution in [-0.2, 0) is 4.74 Å². The van der Waals surface area contributed by atoms with Crippen molar-refractivity contribution in [3.05, 3.63) is 52.4 Å². The molecule has 1 aromatic heterocycles. The summed E-state index contributed by atoms with van der Waals surface area (Å²) < 4.78 is 9.77. The van der Waals surface area contributed by atoms with Crippen molar-refractivity contribution in [3.63, 3.8) is 0 Å². The van der Waals surface area contributed by atoms with Crippen LogP contribution in [0.3, 0.4) is 0 Å². The number of anilines is 1. The Kier molecular flexibility index (Phi) is 5.75. The van der Waals surface area contributed by atoms with E-state index in [9.17, 15) is 4.79 Å². The Morgan fingerprint density at radius 1 is 1.07 bits per heavy atom. The molecule has 0 radical (unpaired) electrons. The zero-order valence-electron chi connectivity index (χ0n) is 16.6. The molecule has 0 N–H and O–H groups in total. The largest absolute Gasteiger partial charge is 0.381 e. The maximum atomic E-state index is 12.8. The van der Waals surface area contributed by atoms with E-state index in [1.54, 1.807) is 0 Å². The zero-order chi connectivity index (χ0) is 19.6. The van der Waals surface area contributed by atoms with E-state index in [4.69, 9.17) is 4.74 Å². The molecule has 2 saturated heterocycles. The molecule has 2 aromatic rings. The minimum absolute atomic E-state index is 0.0461. The van der Waals surface area contributed by atoms with Gasteiger partial charge in [0.2, 0.25) is 0 Å². The highest BCUT2D eigenvalue weighted by Gasteiger charge is 2.32. The van der Waals surface area contributed by atoms with E-state index in [0.717, 1.165) is 69.2 Å². The fourth-order valence-electron chi connectivity index (χ4n) is 3.83. The number of hydrogen-bond donors (Lipinski definition) is 0. The molecule has 0 amide bonds. The minimum atomic E-state index is -0.0461. The Morgan fingerprint density at radius 2 is 1.75 bits per heavy atom. The SMILES string of the molecule is Cc1c(N2CCN(SC3(C)CCOCC3)CC2)cnn(-c2ccccc2)c1=O. The van der Waals surface area contributed by atoms with Gasteiger partial charge in [0.25, 0.3) is 5.56 Å². The van der Waals surface area contributed by atoms with Gasteiger partial charge in [-0.05, 0) is 38.8 Å². The quantitative estimate of drug-likeness (QED) is 0.736. The molecule has 0 bridgehead atoms. The van der Waals surface area contributed by atoms with Crippen LogP contribution in [0, 0.1) is 6.92 Å². The molecule has 28 heavy (non-hydrogen) atoms. The minimum Gasteiger partial charge on any atom is -0.381 e. The number of rotatable bonds is 4. The Morgan fingerprint density at radius 3 is 2.43 bits per heavy atom. The average molecular weight is 401 g/mol. The predicted molar refractivity (Wildman–Crippen MR) is 114 cm³/mol. The van der Waals surface area contributed by atoms with E-state index in [1.807, 2.05) is 55.4 Å². The van der Waals surface area contributed by atoms with Crippen molar-refractivity contribution in [2.24, 2.45) is 0 Å². The first-order chi connectivity index (χ1) is 13.6. The van der Waals surface area contributed by atoms with Gasteiger partial charge in [0.15, 0.2) is 0 Å². The van der Waals surface area contributed by atoms with E-state index in [0.29, 0.717) is 0 Å². The van der Waals surface area contributed by atoms with Crippen LogP contribution < -0.4 is 10.5 Å². The molecule has 0 spiro atoms. The molecule has 2 fully saturated rings. The van der Waals surface area contributed by atoms with Crippen LogP contribution >= 0.6 is 11.9 Å². The summed E-state index contributed by atoms with van der Waals surface area (Å²) in [6.45, 7) is 9.79. The summed E-state index contributed by atoms with van der Waals surface area (Å²) in [5, 5.41) is 4.44. The number of hydrogen-bond acceptors (Lipinski definition) is 6. The summed E-state index contributed by atoms with van der Waals surface area (Å²) in [6, 6.07) is 9.58. The highest BCUT2D eigenvalue weighted by atomic mass is 32.2. The van der Waals surface area contributed by atoms with Gasteiger partial charge in [-0.2, -0.15) is 9.78 Å². The summed E-state index contributed by atoms with van der Waals surface area (Å²) in [6.07, 6.45) is 4.06. The third-order valence-corrected chi connectivity index (χ3v) is 7.15. The fraction of sp³-hybridized carbons (Fsp3) is 0.524. The van der Waals surface area contributed by atoms with Crippen molar-refractivity contribution >= 4 is 17.6 Å². The molecule has 3 heterocycles. The Bertz CT molecular complexity index is 856. The van der Waals surface area contributed by atoms with Crippen LogP contribution in [0.2, 0.25) is 0 Å². The summed E-state index contributed by atoms with van der Waals surface area (Å²) >= 11 is 1.99. The molecular formula is C21H28N4O2S. The molecule has 6 nitrogen and oxygen atoms in total. The molecule has 1 aromatic carbocycles. The number of aromatic nitrogens is 2. The second-order valence-corrected chi connectivity index (χ2v) is 9.46. The number of ether oxygens (including phenoxy) is 1. The van der Waals surface area contributed by atoms with Crippen molar-refractivity contribution in [1.82, 2.24) is 14.1 Å². The molecule has 0 saturated carbocycles. The van der Waals surface area contributed by atoms with Crippen LogP contribution in [0.15, 0.2) is 41.3 Å². The number of para-hydroxylation sites is 1. The standard InChI is InChI=1S/C21H28N4O2S/c1-17-19(16-22-25(20(17)26)18-6-4-3-5-7-18)23-10-12-24(13-11-23)28-21(2)8-14-27-15-9-21/h3-7,16H,8-15H2,1-2H3. The van der Waals surface area contributed by atoms with E-state index >= 15 is 0 Å². The molecule has 7 heteroatoms. The van der Waals surface area contributed by atoms with Gasteiger partial charge in [-0.15, -0.1) is 0 Å². The lowest BCUT2D eigenvalue weighted by atomic mass is 10.0. The molecule has 4 rings (SSSR count). The second-order valence-electron chi connectivity index (χ2n) is 7.78. The van der Waals surface area contributed by atoms with Gasteiger partial charge in [0.1, 0.15) is 0 Å². The van der Waals surface area contributed by atoms with Crippen molar-refractivity contribution in [2.45, 2.75) is 31.4 Å². The molecule has 150 valence electrons. The highest BCUT2D eigenvalue weighted by molar-refractivity contribution is 7.98. The van der Waals surface area contributed by atoms with Crippen molar-refractivity contribution in [3.8, 4) is 5.69 Å². The van der Waals surface area contributed by atoms with E-state index < -0.39 is 0 Å². The van der Waals surface area contributed by atoms with Gasteiger partial charge in [-0.1, -0.05) is 30.1 Å².